The lowest BCUT2D eigenvalue weighted by molar-refractivity contribution is -0.384. The second kappa shape index (κ2) is 5.49. The number of aromatic nitrogens is 1. The SMILES string of the molecule is Cc1ccc([N+](=O)[O-])cc1NC(=O)c1sc(=O)n(C)c1C. The molecular formula is C13H13N3O4S. The molecule has 1 N–H and O–H groups in total. The van der Waals surface area contributed by atoms with Crippen molar-refractivity contribution in [2.45, 2.75) is 13.8 Å². The Hall–Kier alpha value is -2.48. The second-order valence-corrected chi connectivity index (χ2v) is 5.51. The normalized spacial score (nSPS) is 10.4. The summed E-state index contributed by atoms with van der Waals surface area (Å²) in [6.07, 6.45) is 0. The molecule has 0 atom stereocenters. The largest absolute Gasteiger partial charge is 0.321 e. The van der Waals surface area contributed by atoms with Gasteiger partial charge in [0.15, 0.2) is 0 Å². The number of hydrogen-bond donors (Lipinski definition) is 1. The van der Waals surface area contributed by atoms with Crippen LogP contribution in [-0.2, 0) is 7.05 Å². The highest BCUT2D eigenvalue weighted by Crippen LogP contribution is 2.23. The first-order chi connectivity index (χ1) is 9.81. The Balaban J connectivity index is 2.35. The lowest BCUT2D eigenvalue weighted by atomic mass is 10.2. The molecule has 0 saturated heterocycles. The van der Waals surface area contributed by atoms with Crippen molar-refractivity contribution in [2.75, 3.05) is 5.32 Å². The fourth-order valence-electron chi connectivity index (χ4n) is 1.77. The summed E-state index contributed by atoms with van der Waals surface area (Å²) in [7, 11) is 1.59. The Labute approximate surface area is 124 Å². The van der Waals surface area contributed by atoms with E-state index in [1.807, 2.05) is 0 Å². The van der Waals surface area contributed by atoms with Crippen molar-refractivity contribution < 1.29 is 9.72 Å². The molecule has 0 radical (unpaired) electrons. The minimum atomic E-state index is -0.527. The van der Waals surface area contributed by atoms with Gasteiger partial charge in [-0.2, -0.15) is 0 Å². The van der Waals surface area contributed by atoms with E-state index in [2.05, 4.69) is 5.32 Å². The highest BCUT2D eigenvalue weighted by Gasteiger charge is 2.18. The van der Waals surface area contributed by atoms with E-state index in [0.717, 1.165) is 11.3 Å². The van der Waals surface area contributed by atoms with E-state index in [0.29, 0.717) is 21.8 Å². The van der Waals surface area contributed by atoms with E-state index >= 15 is 0 Å². The number of aryl methyl sites for hydroxylation is 1. The molecule has 0 fully saturated rings. The number of nitro benzene ring substituents is 1. The number of anilines is 1. The predicted octanol–water partition coefficient (Wildman–Crippen LogP) is 2.22. The van der Waals surface area contributed by atoms with Crippen LogP contribution in [0.5, 0.6) is 0 Å². The van der Waals surface area contributed by atoms with Crippen molar-refractivity contribution in [1.29, 1.82) is 0 Å². The molecule has 8 heteroatoms. The van der Waals surface area contributed by atoms with Crippen LogP contribution < -0.4 is 10.2 Å². The number of amides is 1. The monoisotopic (exact) mass is 307 g/mol. The third-order valence-corrected chi connectivity index (χ3v) is 4.31. The van der Waals surface area contributed by atoms with Crippen LogP contribution in [0.3, 0.4) is 0 Å². The minimum absolute atomic E-state index is 0.103. The van der Waals surface area contributed by atoms with Crippen molar-refractivity contribution >= 4 is 28.6 Å². The number of nitrogens with zero attached hydrogens (tertiary/aromatic N) is 2. The van der Waals surface area contributed by atoms with Gasteiger partial charge in [-0.3, -0.25) is 19.7 Å². The number of nitro groups is 1. The molecule has 0 aliphatic carbocycles. The van der Waals surface area contributed by atoms with Crippen LogP contribution in [0.1, 0.15) is 20.9 Å². The van der Waals surface area contributed by atoms with E-state index in [1.165, 1.54) is 16.7 Å². The highest BCUT2D eigenvalue weighted by molar-refractivity contribution is 7.11. The summed E-state index contributed by atoms with van der Waals surface area (Å²) in [6, 6.07) is 4.24. The summed E-state index contributed by atoms with van der Waals surface area (Å²) >= 11 is 0.846. The number of nitrogens with one attached hydrogen (secondary N) is 1. The first kappa shape index (κ1) is 14.9. The zero-order valence-electron chi connectivity index (χ0n) is 11.7. The second-order valence-electron chi connectivity index (χ2n) is 4.55. The summed E-state index contributed by atoms with van der Waals surface area (Å²) in [4.78, 5) is 34.1. The molecule has 1 heterocycles. The summed E-state index contributed by atoms with van der Waals surface area (Å²) in [5.74, 6) is -0.446. The van der Waals surface area contributed by atoms with Gasteiger partial charge in [0.25, 0.3) is 11.6 Å². The molecule has 1 amide bonds. The Morgan fingerprint density at radius 3 is 2.57 bits per heavy atom. The highest BCUT2D eigenvalue weighted by atomic mass is 32.1. The van der Waals surface area contributed by atoms with Crippen LogP contribution in [0.25, 0.3) is 0 Å². The van der Waals surface area contributed by atoms with E-state index in [1.54, 1.807) is 27.0 Å². The quantitative estimate of drug-likeness (QED) is 0.695. The summed E-state index contributed by atoms with van der Waals surface area (Å²) in [5, 5.41) is 13.4. The lowest BCUT2D eigenvalue weighted by Gasteiger charge is -2.07. The Morgan fingerprint density at radius 1 is 1.38 bits per heavy atom. The van der Waals surface area contributed by atoms with Crippen molar-refractivity contribution in [2.24, 2.45) is 7.05 Å². The molecule has 110 valence electrons. The predicted molar refractivity (Wildman–Crippen MR) is 80.1 cm³/mol. The summed E-state index contributed by atoms with van der Waals surface area (Å²) in [5.41, 5.74) is 1.52. The van der Waals surface area contributed by atoms with Gasteiger partial charge in [-0.05, 0) is 19.4 Å². The van der Waals surface area contributed by atoms with Crippen LogP contribution in [0.15, 0.2) is 23.0 Å². The number of carbonyl (C=O) groups is 1. The van der Waals surface area contributed by atoms with Crippen molar-refractivity contribution in [3.8, 4) is 0 Å². The van der Waals surface area contributed by atoms with Crippen LogP contribution >= 0.6 is 11.3 Å². The number of thiazole rings is 1. The number of rotatable bonds is 3. The van der Waals surface area contributed by atoms with E-state index in [4.69, 9.17) is 0 Å². The van der Waals surface area contributed by atoms with Crippen molar-refractivity contribution in [3.63, 3.8) is 0 Å². The molecule has 0 saturated carbocycles. The zero-order valence-corrected chi connectivity index (χ0v) is 12.5. The number of benzene rings is 1. The van der Waals surface area contributed by atoms with Gasteiger partial charge >= 0.3 is 4.87 Å². The maximum Gasteiger partial charge on any atom is 0.307 e. The van der Waals surface area contributed by atoms with Gasteiger partial charge < -0.3 is 9.88 Å². The first-order valence-electron chi connectivity index (χ1n) is 6.04. The maximum absolute atomic E-state index is 12.2. The molecule has 0 spiro atoms. The van der Waals surface area contributed by atoms with Crippen LogP contribution in [0, 0.1) is 24.0 Å². The first-order valence-corrected chi connectivity index (χ1v) is 6.85. The minimum Gasteiger partial charge on any atom is -0.321 e. The third-order valence-electron chi connectivity index (χ3n) is 3.18. The fraction of sp³-hybridized carbons (Fsp3) is 0.231. The fourth-order valence-corrected chi connectivity index (χ4v) is 2.64. The standard InChI is InChI=1S/C13H13N3O4S/c1-7-4-5-9(16(19)20)6-10(7)14-12(17)11-8(2)15(3)13(18)21-11/h4-6H,1-3H3,(H,14,17). The molecule has 7 nitrogen and oxygen atoms in total. The molecule has 1 aromatic heterocycles. The molecule has 1 aromatic carbocycles. The molecule has 0 unspecified atom stereocenters. The average molecular weight is 307 g/mol. The van der Waals surface area contributed by atoms with Gasteiger partial charge in [0.1, 0.15) is 4.88 Å². The van der Waals surface area contributed by atoms with Crippen molar-refractivity contribution in [3.05, 3.63) is 54.1 Å². The van der Waals surface area contributed by atoms with E-state index < -0.39 is 10.8 Å². The maximum atomic E-state index is 12.2. The molecule has 0 bridgehead atoms. The summed E-state index contributed by atoms with van der Waals surface area (Å²) < 4.78 is 1.39. The summed E-state index contributed by atoms with van der Waals surface area (Å²) in [6.45, 7) is 3.41. The van der Waals surface area contributed by atoms with Gasteiger partial charge in [0, 0.05) is 24.9 Å². The topological polar surface area (TPSA) is 94.2 Å². The average Bonchev–Trinajstić information content (AvgIpc) is 2.68. The number of carbonyl (C=O) groups excluding carboxylic acids is 1. The smallest absolute Gasteiger partial charge is 0.307 e. The molecule has 2 rings (SSSR count). The zero-order chi connectivity index (χ0) is 15.7. The Bertz CT molecular complexity index is 791. The Morgan fingerprint density at radius 2 is 2.05 bits per heavy atom. The molecular weight excluding hydrogens is 294 g/mol. The Kier molecular flexibility index (Phi) is 3.90. The molecule has 21 heavy (non-hydrogen) atoms. The molecule has 0 aliphatic rings. The van der Waals surface area contributed by atoms with Crippen LogP contribution in [0.4, 0.5) is 11.4 Å². The molecule has 0 aliphatic heterocycles. The number of hydrogen-bond acceptors (Lipinski definition) is 5. The van der Waals surface area contributed by atoms with Crippen LogP contribution in [-0.4, -0.2) is 15.4 Å². The van der Waals surface area contributed by atoms with Gasteiger partial charge in [-0.1, -0.05) is 17.4 Å². The van der Waals surface area contributed by atoms with E-state index in [9.17, 15) is 19.7 Å². The molecule has 2 aromatic rings. The van der Waals surface area contributed by atoms with E-state index in [-0.39, 0.29) is 10.6 Å². The van der Waals surface area contributed by atoms with Crippen LogP contribution in [0.2, 0.25) is 0 Å². The van der Waals surface area contributed by atoms with Gasteiger partial charge in [-0.15, -0.1) is 0 Å². The lowest BCUT2D eigenvalue weighted by Crippen LogP contribution is -2.13. The third kappa shape index (κ3) is 2.84. The van der Waals surface area contributed by atoms with Crippen molar-refractivity contribution in [1.82, 2.24) is 4.57 Å². The van der Waals surface area contributed by atoms with Gasteiger partial charge in [0.05, 0.1) is 10.6 Å². The number of non-ortho nitro benzene ring substituents is 1. The van der Waals surface area contributed by atoms with Gasteiger partial charge in [0.2, 0.25) is 0 Å². The van der Waals surface area contributed by atoms with Gasteiger partial charge in [-0.25, -0.2) is 0 Å².